The minimum atomic E-state index is -0.685. The Bertz CT molecular complexity index is 1030. The first-order chi connectivity index (χ1) is 13.3. The number of carbonyl (C=O) groups is 2. The molecule has 3 amide bonds. The number of benzene rings is 2. The Kier molecular flexibility index (Phi) is 5.97. The van der Waals surface area contributed by atoms with Crippen molar-refractivity contribution >= 4 is 41.0 Å². The lowest BCUT2D eigenvalue weighted by Crippen LogP contribution is -2.34. The largest absolute Gasteiger partial charge is 0.327 e. The van der Waals surface area contributed by atoms with E-state index in [1.54, 1.807) is 30.3 Å². The van der Waals surface area contributed by atoms with Crippen LogP contribution in [0, 0.1) is 13.8 Å². The molecule has 0 unspecified atom stereocenters. The zero-order valence-corrected chi connectivity index (χ0v) is 16.7. The fraction of sp³-hybridized carbons (Fsp3) is 0.0952. The van der Waals surface area contributed by atoms with Crippen LogP contribution >= 0.6 is 23.2 Å². The van der Waals surface area contributed by atoms with E-state index in [4.69, 9.17) is 23.2 Å². The van der Waals surface area contributed by atoms with Crippen LogP contribution in [0.4, 0.5) is 10.6 Å². The lowest BCUT2D eigenvalue weighted by atomic mass is 9.99. The van der Waals surface area contributed by atoms with Crippen LogP contribution in [0.2, 0.25) is 10.0 Å². The summed E-state index contributed by atoms with van der Waals surface area (Å²) in [7, 11) is 0. The third-order valence-electron chi connectivity index (χ3n) is 4.12. The van der Waals surface area contributed by atoms with Crippen molar-refractivity contribution in [3.05, 3.63) is 81.5 Å². The zero-order valence-electron chi connectivity index (χ0n) is 15.2. The average molecular weight is 414 g/mol. The van der Waals surface area contributed by atoms with E-state index in [1.807, 2.05) is 38.1 Å². The number of urea groups is 1. The summed E-state index contributed by atoms with van der Waals surface area (Å²) < 4.78 is 0. The van der Waals surface area contributed by atoms with Gasteiger partial charge in [-0.05, 0) is 55.3 Å². The van der Waals surface area contributed by atoms with Gasteiger partial charge in [0.1, 0.15) is 5.82 Å². The van der Waals surface area contributed by atoms with Crippen LogP contribution in [-0.2, 0) is 0 Å². The second kappa shape index (κ2) is 8.42. The fourth-order valence-electron chi connectivity index (χ4n) is 2.91. The van der Waals surface area contributed by atoms with Gasteiger partial charge in [-0.2, -0.15) is 0 Å². The smallest absolute Gasteiger partial charge is 0.292 e. The summed E-state index contributed by atoms with van der Waals surface area (Å²) in [6, 6.07) is 15.0. The molecule has 0 aliphatic rings. The van der Waals surface area contributed by atoms with Crippen LogP contribution in [0.25, 0.3) is 11.1 Å². The van der Waals surface area contributed by atoms with Crippen molar-refractivity contribution < 1.29 is 9.59 Å². The van der Waals surface area contributed by atoms with Crippen LogP contribution < -0.4 is 10.6 Å². The molecule has 1 aromatic heterocycles. The Balaban J connectivity index is 1.76. The Labute approximate surface area is 172 Å². The average Bonchev–Trinajstić information content (AvgIpc) is 2.63. The van der Waals surface area contributed by atoms with Gasteiger partial charge in [0.15, 0.2) is 0 Å². The van der Waals surface area contributed by atoms with Gasteiger partial charge in [0.25, 0.3) is 5.91 Å². The number of aromatic nitrogens is 1. The molecule has 0 aliphatic carbocycles. The van der Waals surface area contributed by atoms with E-state index in [0.717, 1.165) is 22.4 Å². The second-order valence-electron chi connectivity index (χ2n) is 6.18. The first kappa shape index (κ1) is 19.9. The number of aryl methyl sites for hydroxylation is 2. The Morgan fingerprint density at radius 1 is 0.964 bits per heavy atom. The third kappa shape index (κ3) is 4.50. The van der Waals surface area contributed by atoms with Gasteiger partial charge in [-0.15, -0.1) is 0 Å². The van der Waals surface area contributed by atoms with Gasteiger partial charge in [-0.1, -0.05) is 47.5 Å². The van der Waals surface area contributed by atoms with Gasteiger partial charge in [-0.25, -0.2) is 9.78 Å². The maximum Gasteiger partial charge on any atom is 0.327 e. The van der Waals surface area contributed by atoms with Gasteiger partial charge < -0.3 is 0 Å². The number of nitrogens with zero attached hydrogens (tertiary/aromatic N) is 1. The fourth-order valence-corrected chi connectivity index (χ4v) is 3.26. The summed E-state index contributed by atoms with van der Waals surface area (Å²) >= 11 is 11.9. The van der Waals surface area contributed by atoms with Crippen molar-refractivity contribution in [2.24, 2.45) is 0 Å². The molecule has 2 aromatic carbocycles. The molecule has 2 N–H and O–H groups in total. The molecule has 0 saturated heterocycles. The van der Waals surface area contributed by atoms with E-state index < -0.39 is 11.9 Å². The van der Waals surface area contributed by atoms with E-state index in [0.29, 0.717) is 10.8 Å². The highest BCUT2D eigenvalue weighted by Gasteiger charge is 2.15. The normalized spacial score (nSPS) is 10.4. The molecule has 3 rings (SSSR count). The number of halogens is 2. The summed E-state index contributed by atoms with van der Waals surface area (Å²) in [5.41, 5.74) is 3.85. The number of hydrogen-bond donors (Lipinski definition) is 2. The molecule has 0 saturated carbocycles. The monoisotopic (exact) mass is 413 g/mol. The third-order valence-corrected chi connectivity index (χ3v) is 4.70. The van der Waals surface area contributed by atoms with E-state index >= 15 is 0 Å². The SMILES string of the molecule is Cc1cc(NC(=O)NC(=O)c2ccccc2Cl)nc(C)c1-c1ccc(Cl)cc1. The molecule has 0 atom stereocenters. The van der Waals surface area contributed by atoms with Gasteiger partial charge in [0.2, 0.25) is 0 Å². The molecule has 0 radical (unpaired) electrons. The van der Waals surface area contributed by atoms with Gasteiger partial charge >= 0.3 is 6.03 Å². The maximum absolute atomic E-state index is 12.2. The summed E-state index contributed by atoms with van der Waals surface area (Å²) in [6.07, 6.45) is 0. The van der Waals surface area contributed by atoms with Crippen molar-refractivity contribution in [1.82, 2.24) is 10.3 Å². The number of imide groups is 1. The second-order valence-corrected chi connectivity index (χ2v) is 7.02. The molecule has 1 heterocycles. The summed E-state index contributed by atoms with van der Waals surface area (Å²) in [5, 5.41) is 5.76. The van der Waals surface area contributed by atoms with Crippen LogP contribution in [0.3, 0.4) is 0 Å². The standard InChI is InChI=1S/C21H17Cl2N3O2/c1-12-11-18(24-13(2)19(12)14-7-9-15(22)10-8-14)25-21(28)26-20(27)16-5-3-4-6-17(16)23/h3-11H,1-2H3,(H2,24,25,26,27,28). The number of amides is 3. The minimum absolute atomic E-state index is 0.220. The zero-order chi connectivity index (χ0) is 20.3. The highest BCUT2D eigenvalue weighted by molar-refractivity contribution is 6.34. The molecule has 0 bridgehead atoms. The molecule has 0 spiro atoms. The predicted molar refractivity (Wildman–Crippen MR) is 112 cm³/mol. The highest BCUT2D eigenvalue weighted by Crippen LogP contribution is 2.29. The molecule has 28 heavy (non-hydrogen) atoms. The van der Waals surface area contributed by atoms with Gasteiger partial charge in [0.05, 0.1) is 10.6 Å². The van der Waals surface area contributed by atoms with Crippen LogP contribution in [-0.4, -0.2) is 16.9 Å². The number of rotatable bonds is 3. The number of pyridine rings is 1. The van der Waals surface area contributed by atoms with Crippen molar-refractivity contribution in [1.29, 1.82) is 0 Å². The molecular weight excluding hydrogens is 397 g/mol. The molecule has 3 aromatic rings. The van der Waals surface area contributed by atoms with Crippen LogP contribution in [0.5, 0.6) is 0 Å². The number of anilines is 1. The molecule has 0 aliphatic heterocycles. The topological polar surface area (TPSA) is 71.1 Å². The molecule has 142 valence electrons. The quantitative estimate of drug-likeness (QED) is 0.583. The number of carbonyl (C=O) groups excluding carboxylic acids is 2. The Morgan fingerprint density at radius 2 is 1.64 bits per heavy atom. The lowest BCUT2D eigenvalue weighted by Gasteiger charge is -2.13. The summed E-state index contributed by atoms with van der Waals surface area (Å²) in [6.45, 7) is 3.78. The number of nitrogens with one attached hydrogen (secondary N) is 2. The van der Waals surface area contributed by atoms with Crippen molar-refractivity contribution in [3.63, 3.8) is 0 Å². The van der Waals surface area contributed by atoms with Gasteiger partial charge in [0, 0.05) is 16.3 Å². The highest BCUT2D eigenvalue weighted by atomic mass is 35.5. The first-order valence-electron chi connectivity index (χ1n) is 8.46. The molecule has 0 fully saturated rings. The van der Waals surface area contributed by atoms with Crippen LogP contribution in [0.15, 0.2) is 54.6 Å². The van der Waals surface area contributed by atoms with E-state index in [2.05, 4.69) is 15.6 Å². The van der Waals surface area contributed by atoms with Crippen LogP contribution in [0.1, 0.15) is 21.6 Å². The number of hydrogen-bond acceptors (Lipinski definition) is 3. The van der Waals surface area contributed by atoms with Gasteiger partial charge in [-0.3, -0.25) is 15.4 Å². The molecule has 5 nitrogen and oxygen atoms in total. The van der Waals surface area contributed by atoms with E-state index in [1.165, 1.54) is 0 Å². The Morgan fingerprint density at radius 3 is 2.29 bits per heavy atom. The Hall–Kier alpha value is -2.89. The molecule has 7 heteroatoms. The maximum atomic E-state index is 12.2. The lowest BCUT2D eigenvalue weighted by molar-refractivity contribution is 0.0967. The predicted octanol–water partition coefficient (Wildman–Crippen LogP) is 5.63. The summed E-state index contributed by atoms with van der Waals surface area (Å²) in [4.78, 5) is 28.8. The minimum Gasteiger partial charge on any atom is -0.292 e. The van der Waals surface area contributed by atoms with Crippen molar-refractivity contribution in [2.45, 2.75) is 13.8 Å². The summed E-state index contributed by atoms with van der Waals surface area (Å²) in [5.74, 6) is -0.244. The molecular formula is C21H17Cl2N3O2. The first-order valence-corrected chi connectivity index (χ1v) is 9.22. The van der Waals surface area contributed by atoms with E-state index in [9.17, 15) is 9.59 Å². The van der Waals surface area contributed by atoms with E-state index in [-0.39, 0.29) is 10.6 Å². The van der Waals surface area contributed by atoms with Crippen molar-refractivity contribution in [2.75, 3.05) is 5.32 Å². The van der Waals surface area contributed by atoms with Crippen molar-refractivity contribution in [3.8, 4) is 11.1 Å².